The Labute approximate surface area is 175 Å². The number of aryl methyl sites for hydroxylation is 3. The SMILES string of the molecule is Cc1cc(CN(C)C(=O)[C@@H]2[C@@H]3C=C[C@@]4(CN(c5ccc(C)c(C)c5)C(=O)[C@H]24)O3)on1. The molecule has 0 unspecified atom stereocenters. The topological polar surface area (TPSA) is 75.9 Å². The van der Waals surface area contributed by atoms with Crippen LogP contribution < -0.4 is 4.90 Å². The summed E-state index contributed by atoms with van der Waals surface area (Å²) in [5.74, 6) is -0.589. The minimum absolute atomic E-state index is 0.0487. The van der Waals surface area contributed by atoms with Crippen molar-refractivity contribution in [2.24, 2.45) is 11.8 Å². The minimum atomic E-state index is -0.732. The van der Waals surface area contributed by atoms with Crippen LogP contribution in [0.25, 0.3) is 0 Å². The number of fused-ring (bicyclic) bond motifs is 1. The number of benzene rings is 1. The van der Waals surface area contributed by atoms with Crippen LogP contribution in [0.2, 0.25) is 0 Å². The van der Waals surface area contributed by atoms with E-state index in [-0.39, 0.29) is 17.9 Å². The highest BCUT2D eigenvalue weighted by Gasteiger charge is 2.67. The van der Waals surface area contributed by atoms with Crippen LogP contribution in [0.15, 0.2) is 40.9 Å². The van der Waals surface area contributed by atoms with Crippen molar-refractivity contribution in [2.75, 3.05) is 18.5 Å². The second kappa shape index (κ2) is 6.54. The summed E-state index contributed by atoms with van der Waals surface area (Å²) in [5.41, 5.74) is 3.20. The summed E-state index contributed by atoms with van der Waals surface area (Å²) < 4.78 is 11.5. The molecule has 30 heavy (non-hydrogen) atoms. The summed E-state index contributed by atoms with van der Waals surface area (Å²) >= 11 is 0. The van der Waals surface area contributed by atoms with E-state index in [4.69, 9.17) is 9.26 Å². The maximum Gasteiger partial charge on any atom is 0.234 e. The van der Waals surface area contributed by atoms with Crippen molar-refractivity contribution in [3.63, 3.8) is 0 Å². The minimum Gasteiger partial charge on any atom is -0.360 e. The molecule has 0 aliphatic carbocycles. The normalized spacial score (nSPS) is 29.0. The maximum absolute atomic E-state index is 13.5. The Kier molecular flexibility index (Phi) is 4.15. The number of hydrogen-bond donors (Lipinski definition) is 0. The lowest BCUT2D eigenvalue weighted by atomic mass is 9.76. The largest absolute Gasteiger partial charge is 0.360 e. The van der Waals surface area contributed by atoms with E-state index in [1.54, 1.807) is 16.8 Å². The zero-order valence-corrected chi connectivity index (χ0v) is 17.6. The van der Waals surface area contributed by atoms with Gasteiger partial charge >= 0.3 is 0 Å². The van der Waals surface area contributed by atoms with Gasteiger partial charge in [0.25, 0.3) is 0 Å². The van der Waals surface area contributed by atoms with Crippen molar-refractivity contribution < 1.29 is 18.8 Å². The zero-order valence-electron chi connectivity index (χ0n) is 17.6. The molecule has 0 N–H and O–H groups in total. The second-order valence-electron chi connectivity index (χ2n) is 8.72. The molecule has 2 amide bonds. The van der Waals surface area contributed by atoms with E-state index in [1.165, 1.54) is 5.56 Å². The van der Waals surface area contributed by atoms with E-state index in [2.05, 4.69) is 5.16 Å². The fourth-order valence-corrected chi connectivity index (χ4v) is 4.95. The summed E-state index contributed by atoms with van der Waals surface area (Å²) in [7, 11) is 1.73. The van der Waals surface area contributed by atoms with Gasteiger partial charge in [-0.15, -0.1) is 0 Å². The molecule has 2 fully saturated rings. The summed E-state index contributed by atoms with van der Waals surface area (Å²) in [6, 6.07) is 7.82. The van der Waals surface area contributed by atoms with Gasteiger partial charge < -0.3 is 19.1 Å². The van der Waals surface area contributed by atoms with Gasteiger partial charge in [0.2, 0.25) is 11.8 Å². The Bertz CT molecular complexity index is 1070. The number of anilines is 1. The first kappa shape index (κ1) is 19.1. The highest BCUT2D eigenvalue weighted by Crippen LogP contribution is 2.53. The third-order valence-electron chi connectivity index (χ3n) is 6.63. The van der Waals surface area contributed by atoms with Gasteiger partial charge in [0.15, 0.2) is 5.76 Å². The lowest BCUT2D eigenvalue weighted by molar-refractivity contribution is -0.139. The maximum atomic E-state index is 13.5. The molecule has 2 saturated heterocycles. The van der Waals surface area contributed by atoms with E-state index in [9.17, 15) is 9.59 Å². The quantitative estimate of drug-likeness (QED) is 0.728. The predicted octanol–water partition coefficient (Wildman–Crippen LogP) is 2.54. The van der Waals surface area contributed by atoms with Crippen LogP contribution >= 0.6 is 0 Å². The van der Waals surface area contributed by atoms with Gasteiger partial charge in [0.05, 0.1) is 36.7 Å². The van der Waals surface area contributed by atoms with Crippen LogP contribution in [0.4, 0.5) is 5.69 Å². The van der Waals surface area contributed by atoms with Crippen LogP contribution in [-0.4, -0.2) is 47.2 Å². The Morgan fingerprint density at radius 3 is 2.77 bits per heavy atom. The number of ether oxygens (including phenoxy) is 1. The molecule has 4 heterocycles. The lowest BCUT2D eigenvalue weighted by Crippen LogP contribution is -2.44. The average molecular weight is 407 g/mol. The number of carbonyl (C=O) groups is 2. The van der Waals surface area contributed by atoms with Gasteiger partial charge in [-0.25, -0.2) is 0 Å². The fourth-order valence-electron chi connectivity index (χ4n) is 4.95. The fraction of sp³-hybridized carbons (Fsp3) is 0.435. The molecular formula is C23H25N3O4. The van der Waals surface area contributed by atoms with Gasteiger partial charge in [-0.05, 0) is 44.0 Å². The molecule has 0 saturated carbocycles. The summed E-state index contributed by atoms with van der Waals surface area (Å²) in [6.45, 7) is 6.66. The van der Waals surface area contributed by atoms with Gasteiger partial charge in [0, 0.05) is 18.8 Å². The van der Waals surface area contributed by atoms with Gasteiger partial charge in [0.1, 0.15) is 5.60 Å². The number of carbonyl (C=O) groups excluding carboxylic acids is 2. The Morgan fingerprint density at radius 2 is 2.07 bits per heavy atom. The molecule has 2 aromatic rings. The summed E-state index contributed by atoms with van der Waals surface area (Å²) in [6.07, 6.45) is 3.54. The smallest absolute Gasteiger partial charge is 0.234 e. The van der Waals surface area contributed by atoms with Gasteiger partial charge in [-0.3, -0.25) is 9.59 Å². The monoisotopic (exact) mass is 407 g/mol. The van der Waals surface area contributed by atoms with Gasteiger partial charge in [-0.1, -0.05) is 23.4 Å². The van der Waals surface area contributed by atoms with Crippen molar-refractivity contribution in [1.29, 1.82) is 0 Å². The third kappa shape index (κ3) is 2.72. The highest BCUT2D eigenvalue weighted by atomic mass is 16.5. The van der Waals surface area contributed by atoms with Crippen LogP contribution in [0.5, 0.6) is 0 Å². The zero-order chi connectivity index (χ0) is 21.2. The molecule has 2 bridgehead atoms. The highest BCUT2D eigenvalue weighted by molar-refractivity contribution is 6.03. The first-order valence-electron chi connectivity index (χ1n) is 10.2. The first-order valence-corrected chi connectivity index (χ1v) is 10.2. The number of nitrogens with zero attached hydrogens (tertiary/aromatic N) is 3. The molecule has 7 heteroatoms. The Balaban J connectivity index is 1.42. The molecule has 156 valence electrons. The molecule has 0 radical (unpaired) electrons. The number of rotatable bonds is 4. The Hall–Kier alpha value is -2.93. The molecule has 5 rings (SSSR count). The van der Waals surface area contributed by atoms with Crippen molar-refractivity contribution in [1.82, 2.24) is 10.1 Å². The third-order valence-corrected chi connectivity index (χ3v) is 6.63. The number of aromatic nitrogens is 1. The molecule has 1 aromatic heterocycles. The van der Waals surface area contributed by atoms with E-state index >= 15 is 0 Å². The van der Waals surface area contributed by atoms with Crippen LogP contribution in [0, 0.1) is 32.6 Å². The van der Waals surface area contributed by atoms with Crippen molar-refractivity contribution in [3.8, 4) is 0 Å². The second-order valence-corrected chi connectivity index (χ2v) is 8.72. The standard InChI is InChI=1S/C23H25N3O4/c1-13-5-6-16(9-14(13)2)26-12-23-8-7-18(29-23)19(20(23)22(26)28)21(27)25(4)11-17-10-15(3)24-30-17/h5-10,18-20H,11-12H2,1-4H3/t18-,19+,20-,23-/m0/s1. The van der Waals surface area contributed by atoms with Crippen LogP contribution in [-0.2, 0) is 20.9 Å². The first-order chi connectivity index (χ1) is 14.3. The Morgan fingerprint density at radius 1 is 1.27 bits per heavy atom. The molecule has 3 aliphatic rings. The van der Waals surface area contributed by atoms with Gasteiger partial charge in [-0.2, -0.15) is 0 Å². The van der Waals surface area contributed by atoms with Crippen LogP contribution in [0.1, 0.15) is 22.6 Å². The molecule has 4 atom stereocenters. The van der Waals surface area contributed by atoms with E-state index in [0.29, 0.717) is 18.8 Å². The average Bonchev–Trinajstić information content (AvgIpc) is 3.45. The molecular weight excluding hydrogens is 382 g/mol. The molecule has 1 aromatic carbocycles. The number of hydrogen-bond acceptors (Lipinski definition) is 5. The van der Waals surface area contributed by atoms with Crippen molar-refractivity contribution in [3.05, 3.63) is 59.0 Å². The van der Waals surface area contributed by atoms with Crippen molar-refractivity contribution in [2.45, 2.75) is 39.0 Å². The van der Waals surface area contributed by atoms with E-state index in [1.807, 2.05) is 57.2 Å². The van der Waals surface area contributed by atoms with Crippen LogP contribution in [0.3, 0.4) is 0 Å². The molecule has 7 nitrogen and oxygen atoms in total. The predicted molar refractivity (Wildman–Crippen MR) is 110 cm³/mol. The van der Waals surface area contributed by atoms with E-state index in [0.717, 1.165) is 16.9 Å². The molecule has 1 spiro atoms. The lowest BCUT2D eigenvalue weighted by Gasteiger charge is -2.27. The van der Waals surface area contributed by atoms with Crippen molar-refractivity contribution >= 4 is 17.5 Å². The molecule has 3 aliphatic heterocycles. The number of amides is 2. The summed E-state index contributed by atoms with van der Waals surface area (Å²) in [4.78, 5) is 30.2. The summed E-state index contributed by atoms with van der Waals surface area (Å²) in [5, 5.41) is 3.88. The van der Waals surface area contributed by atoms with E-state index < -0.39 is 17.4 Å².